The molecule has 0 spiro atoms. The first-order valence-electron chi connectivity index (χ1n) is 7.76. The summed E-state index contributed by atoms with van der Waals surface area (Å²) in [5, 5.41) is 10.4. The Balaban J connectivity index is 2.02. The number of carbonyl (C=O) groups is 1. The van der Waals surface area contributed by atoms with Crippen molar-refractivity contribution in [1.82, 2.24) is 0 Å². The lowest BCUT2D eigenvalue weighted by Crippen LogP contribution is -2.09. The highest BCUT2D eigenvalue weighted by Gasteiger charge is 2.22. The fourth-order valence-corrected chi connectivity index (χ4v) is 4.34. The van der Waals surface area contributed by atoms with Crippen LogP contribution in [0.1, 0.15) is 27.2 Å². The molecular weight excluding hydrogens is 327 g/mol. The standard InChI is InChI=1S/C19H15FO3S/c1-10-7-15-11(3-2-6-23-15)8-14(10)17-13-5-4-12(20)9-16(13)24-18(17)19(21)22/h4-5,7-9H,2-3,6H2,1H3,(H,21,22). The average Bonchev–Trinajstić information content (AvgIpc) is 2.92. The Morgan fingerprint density at radius 3 is 2.92 bits per heavy atom. The van der Waals surface area contributed by atoms with Gasteiger partial charge in [-0.25, -0.2) is 9.18 Å². The Morgan fingerprint density at radius 2 is 2.12 bits per heavy atom. The molecule has 0 aliphatic carbocycles. The van der Waals surface area contributed by atoms with E-state index in [0.717, 1.165) is 52.0 Å². The molecule has 0 unspecified atom stereocenters. The van der Waals surface area contributed by atoms with Gasteiger partial charge < -0.3 is 9.84 Å². The van der Waals surface area contributed by atoms with E-state index in [-0.39, 0.29) is 10.7 Å². The van der Waals surface area contributed by atoms with Crippen LogP contribution in [0.25, 0.3) is 21.2 Å². The van der Waals surface area contributed by atoms with Crippen molar-refractivity contribution in [2.45, 2.75) is 19.8 Å². The minimum atomic E-state index is -0.986. The minimum Gasteiger partial charge on any atom is -0.493 e. The number of aryl methyl sites for hydroxylation is 2. The average molecular weight is 342 g/mol. The molecule has 2 aromatic carbocycles. The summed E-state index contributed by atoms with van der Waals surface area (Å²) in [6.07, 6.45) is 1.87. The van der Waals surface area contributed by atoms with E-state index in [9.17, 15) is 14.3 Å². The van der Waals surface area contributed by atoms with E-state index in [1.165, 1.54) is 12.1 Å². The summed E-state index contributed by atoms with van der Waals surface area (Å²) in [5.74, 6) is -0.465. The minimum absolute atomic E-state index is 0.246. The van der Waals surface area contributed by atoms with Gasteiger partial charge >= 0.3 is 5.97 Å². The van der Waals surface area contributed by atoms with E-state index >= 15 is 0 Å². The van der Waals surface area contributed by atoms with Gasteiger partial charge in [-0.05, 0) is 66.8 Å². The lowest BCUT2D eigenvalue weighted by atomic mass is 9.93. The third-order valence-corrected chi connectivity index (χ3v) is 5.51. The van der Waals surface area contributed by atoms with E-state index in [1.54, 1.807) is 6.07 Å². The number of fused-ring (bicyclic) bond motifs is 2. The van der Waals surface area contributed by atoms with Crippen LogP contribution in [0.2, 0.25) is 0 Å². The molecular formula is C19H15FO3S. The van der Waals surface area contributed by atoms with Crippen LogP contribution < -0.4 is 4.74 Å². The van der Waals surface area contributed by atoms with Crippen molar-refractivity contribution in [1.29, 1.82) is 0 Å². The number of aromatic carboxylic acids is 1. The maximum absolute atomic E-state index is 13.5. The molecule has 122 valence electrons. The van der Waals surface area contributed by atoms with Crippen LogP contribution in [-0.4, -0.2) is 17.7 Å². The number of carboxylic acid groups (broad SMARTS) is 1. The van der Waals surface area contributed by atoms with Gasteiger partial charge in [0.05, 0.1) is 6.61 Å². The highest BCUT2D eigenvalue weighted by molar-refractivity contribution is 7.21. The van der Waals surface area contributed by atoms with Gasteiger partial charge in [-0.1, -0.05) is 0 Å². The zero-order valence-corrected chi connectivity index (χ0v) is 13.9. The molecule has 0 fully saturated rings. The van der Waals surface area contributed by atoms with Crippen LogP contribution in [-0.2, 0) is 6.42 Å². The molecule has 0 saturated carbocycles. The van der Waals surface area contributed by atoms with Crippen molar-refractivity contribution < 1.29 is 19.0 Å². The summed E-state index contributed by atoms with van der Waals surface area (Å²) in [4.78, 5) is 12.0. The Morgan fingerprint density at radius 1 is 1.29 bits per heavy atom. The second kappa shape index (κ2) is 5.60. The SMILES string of the molecule is Cc1cc2c(cc1-c1c(C(=O)O)sc3cc(F)ccc13)CCCO2. The lowest BCUT2D eigenvalue weighted by Gasteiger charge is -2.20. The lowest BCUT2D eigenvalue weighted by molar-refractivity contribution is 0.0703. The summed E-state index contributed by atoms with van der Waals surface area (Å²) in [6, 6.07) is 8.44. The van der Waals surface area contributed by atoms with Crippen LogP contribution in [0.3, 0.4) is 0 Å². The maximum Gasteiger partial charge on any atom is 0.346 e. The molecule has 1 aliphatic rings. The summed E-state index contributed by atoms with van der Waals surface area (Å²) < 4.78 is 19.9. The molecule has 0 atom stereocenters. The molecule has 5 heteroatoms. The van der Waals surface area contributed by atoms with Crippen molar-refractivity contribution in [3.8, 4) is 16.9 Å². The first kappa shape index (κ1) is 15.1. The summed E-state index contributed by atoms with van der Waals surface area (Å²) in [6.45, 7) is 2.67. The molecule has 24 heavy (non-hydrogen) atoms. The highest BCUT2D eigenvalue weighted by Crippen LogP contribution is 2.42. The second-order valence-electron chi connectivity index (χ2n) is 5.98. The van der Waals surface area contributed by atoms with E-state index in [1.807, 2.05) is 19.1 Å². The molecule has 0 bridgehead atoms. The van der Waals surface area contributed by atoms with E-state index in [4.69, 9.17) is 4.74 Å². The van der Waals surface area contributed by atoms with Crippen molar-refractivity contribution in [2.75, 3.05) is 6.61 Å². The zero-order valence-electron chi connectivity index (χ0n) is 13.1. The third kappa shape index (κ3) is 2.36. The Bertz CT molecular complexity index is 974. The molecule has 1 N–H and O–H groups in total. The second-order valence-corrected chi connectivity index (χ2v) is 7.03. The predicted octanol–water partition coefficient (Wildman–Crippen LogP) is 5.04. The largest absolute Gasteiger partial charge is 0.493 e. The molecule has 2 heterocycles. The predicted molar refractivity (Wildman–Crippen MR) is 92.7 cm³/mol. The zero-order chi connectivity index (χ0) is 16.8. The first-order valence-corrected chi connectivity index (χ1v) is 8.58. The van der Waals surface area contributed by atoms with Gasteiger partial charge in [-0.2, -0.15) is 0 Å². The monoisotopic (exact) mass is 342 g/mol. The molecule has 0 amide bonds. The van der Waals surface area contributed by atoms with E-state index < -0.39 is 5.97 Å². The van der Waals surface area contributed by atoms with Crippen LogP contribution >= 0.6 is 11.3 Å². The van der Waals surface area contributed by atoms with Crippen LogP contribution in [0.4, 0.5) is 4.39 Å². The summed E-state index contributed by atoms with van der Waals surface area (Å²) >= 11 is 1.12. The van der Waals surface area contributed by atoms with Gasteiger partial charge in [0.2, 0.25) is 0 Å². The number of hydrogen-bond acceptors (Lipinski definition) is 3. The van der Waals surface area contributed by atoms with Gasteiger partial charge in [-0.3, -0.25) is 0 Å². The number of ether oxygens (including phenoxy) is 1. The van der Waals surface area contributed by atoms with E-state index in [0.29, 0.717) is 16.9 Å². The molecule has 0 radical (unpaired) electrons. The number of benzene rings is 2. The quantitative estimate of drug-likeness (QED) is 0.710. The topological polar surface area (TPSA) is 46.5 Å². The van der Waals surface area contributed by atoms with Gasteiger partial charge in [0.1, 0.15) is 16.4 Å². The Labute approximate surface area is 142 Å². The summed E-state index contributed by atoms with van der Waals surface area (Å²) in [5.41, 5.74) is 3.62. The highest BCUT2D eigenvalue weighted by atomic mass is 32.1. The van der Waals surface area contributed by atoms with Gasteiger partial charge in [0, 0.05) is 15.6 Å². The van der Waals surface area contributed by atoms with E-state index in [2.05, 4.69) is 0 Å². The van der Waals surface area contributed by atoms with Crippen LogP contribution in [0.15, 0.2) is 30.3 Å². The number of halogens is 1. The molecule has 3 aromatic rings. The number of rotatable bonds is 2. The third-order valence-electron chi connectivity index (χ3n) is 4.37. The fourth-order valence-electron chi connectivity index (χ4n) is 3.26. The Hall–Kier alpha value is -2.40. The molecule has 0 saturated heterocycles. The number of carboxylic acids is 1. The van der Waals surface area contributed by atoms with Crippen molar-refractivity contribution >= 4 is 27.4 Å². The molecule has 3 nitrogen and oxygen atoms in total. The van der Waals surface area contributed by atoms with Gasteiger partial charge in [-0.15, -0.1) is 11.3 Å². The molecule has 1 aliphatic heterocycles. The number of thiophene rings is 1. The van der Waals surface area contributed by atoms with Gasteiger partial charge in [0.15, 0.2) is 0 Å². The molecule has 4 rings (SSSR count). The van der Waals surface area contributed by atoms with Crippen molar-refractivity contribution in [3.63, 3.8) is 0 Å². The smallest absolute Gasteiger partial charge is 0.346 e. The molecule has 1 aromatic heterocycles. The van der Waals surface area contributed by atoms with Crippen LogP contribution in [0.5, 0.6) is 5.75 Å². The fraction of sp³-hybridized carbons (Fsp3) is 0.211. The number of hydrogen-bond donors (Lipinski definition) is 1. The van der Waals surface area contributed by atoms with Crippen molar-refractivity contribution in [3.05, 3.63) is 52.2 Å². The normalized spacial score (nSPS) is 13.6. The maximum atomic E-state index is 13.5. The van der Waals surface area contributed by atoms with Crippen molar-refractivity contribution in [2.24, 2.45) is 0 Å². The van der Waals surface area contributed by atoms with Crippen LogP contribution in [0, 0.1) is 12.7 Å². The first-order chi connectivity index (χ1) is 11.5. The summed E-state index contributed by atoms with van der Waals surface area (Å²) in [7, 11) is 0. The van der Waals surface area contributed by atoms with Gasteiger partial charge in [0.25, 0.3) is 0 Å². The Kier molecular flexibility index (Phi) is 3.53.